The Morgan fingerprint density at radius 3 is 3.00 bits per heavy atom. The molecule has 1 aromatic carbocycles. The van der Waals surface area contributed by atoms with E-state index in [9.17, 15) is 4.79 Å². The Morgan fingerprint density at radius 2 is 2.30 bits per heavy atom. The molecule has 2 aromatic rings. The molecule has 0 spiro atoms. The maximum absolute atomic E-state index is 10.9. The summed E-state index contributed by atoms with van der Waals surface area (Å²) in [6.07, 6.45) is 0.380. The Labute approximate surface area is 142 Å². The van der Waals surface area contributed by atoms with Crippen LogP contribution in [0.5, 0.6) is 5.75 Å². The van der Waals surface area contributed by atoms with Crippen molar-refractivity contribution >= 4 is 40.2 Å². The zero-order chi connectivity index (χ0) is 16.6. The van der Waals surface area contributed by atoms with E-state index in [1.165, 1.54) is 0 Å². The lowest BCUT2D eigenvalue weighted by molar-refractivity contribution is 0.186. The van der Waals surface area contributed by atoms with Crippen molar-refractivity contribution < 1.29 is 14.6 Å². The van der Waals surface area contributed by atoms with Crippen molar-refractivity contribution in [3.8, 4) is 11.8 Å². The van der Waals surface area contributed by atoms with Crippen LogP contribution in [-0.4, -0.2) is 28.4 Å². The molecule has 8 heteroatoms. The summed E-state index contributed by atoms with van der Waals surface area (Å²) in [6.45, 7) is 0.389. The molecule has 23 heavy (non-hydrogen) atoms. The fourth-order valence-corrected chi connectivity index (χ4v) is 3.41. The minimum Gasteiger partial charge on any atom is -0.478 e. The highest BCUT2D eigenvalue weighted by molar-refractivity contribution is 6.45. The summed E-state index contributed by atoms with van der Waals surface area (Å²) >= 11 is 12.5. The number of amides is 1. The van der Waals surface area contributed by atoms with Gasteiger partial charge in [-0.1, -0.05) is 23.2 Å². The number of rotatable bonds is 3. The lowest BCUT2D eigenvalue weighted by Crippen LogP contribution is -2.40. The van der Waals surface area contributed by atoms with Gasteiger partial charge in [-0.3, -0.25) is 0 Å². The lowest BCUT2D eigenvalue weighted by atomic mass is 10.1. The second-order valence-electron chi connectivity index (χ2n) is 5.31. The number of nitrogens with one attached hydrogen (secondary N) is 1. The molecule has 120 valence electrons. The molecule has 2 heterocycles. The van der Waals surface area contributed by atoms with Crippen LogP contribution >= 0.6 is 23.2 Å². The first kappa shape index (κ1) is 15.8. The molecule has 1 aliphatic rings. The molecular weight excluding hydrogens is 341 g/mol. The van der Waals surface area contributed by atoms with Gasteiger partial charge in [0.05, 0.1) is 21.6 Å². The molecule has 3 rings (SSSR count). The monoisotopic (exact) mass is 353 g/mol. The molecule has 1 atom stereocenters. The highest BCUT2D eigenvalue weighted by Gasteiger charge is 2.25. The van der Waals surface area contributed by atoms with Crippen molar-refractivity contribution in [2.45, 2.75) is 25.4 Å². The molecule has 6 nitrogen and oxygen atoms in total. The molecule has 1 unspecified atom stereocenters. The van der Waals surface area contributed by atoms with Gasteiger partial charge in [0.1, 0.15) is 11.8 Å². The van der Waals surface area contributed by atoms with E-state index in [2.05, 4.69) is 5.32 Å². The van der Waals surface area contributed by atoms with E-state index in [1.807, 2.05) is 16.7 Å². The minimum absolute atomic E-state index is 0.0865. The average Bonchev–Trinajstić information content (AvgIpc) is 2.88. The van der Waals surface area contributed by atoms with Crippen LogP contribution in [0.15, 0.2) is 12.1 Å². The average molecular weight is 354 g/mol. The van der Waals surface area contributed by atoms with Gasteiger partial charge in [-0.2, -0.15) is 5.26 Å². The predicted molar refractivity (Wildman–Crippen MR) is 86.3 cm³/mol. The van der Waals surface area contributed by atoms with Crippen molar-refractivity contribution in [1.29, 1.82) is 5.26 Å². The number of aromatic nitrogens is 1. The summed E-state index contributed by atoms with van der Waals surface area (Å²) < 4.78 is 7.41. The number of aryl methyl sites for hydroxylation is 1. The molecule has 0 radical (unpaired) electrons. The van der Waals surface area contributed by atoms with Crippen LogP contribution in [0.3, 0.4) is 0 Å². The van der Waals surface area contributed by atoms with E-state index in [0.29, 0.717) is 40.7 Å². The van der Waals surface area contributed by atoms with Crippen LogP contribution in [0, 0.1) is 11.3 Å². The topological polar surface area (TPSA) is 87.3 Å². The van der Waals surface area contributed by atoms with Crippen LogP contribution < -0.4 is 10.1 Å². The van der Waals surface area contributed by atoms with E-state index in [0.717, 1.165) is 11.1 Å². The summed E-state index contributed by atoms with van der Waals surface area (Å²) in [4.78, 5) is 10.9. The number of nitrogens with zero attached hydrogens (tertiary/aromatic N) is 2. The molecule has 0 fully saturated rings. The third-order valence-corrected chi connectivity index (χ3v) is 4.67. The predicted octanol–water partition coefficient (Wildman–Crippen LogP) is 3.43. The van der Waals surface area contributed by atoms with E-state index in [4.69, 9.17) is 38.3 Å². The van der Waals surface area contributed by atoms with Gasteiger partial charge in [0, 0.05) is 23.7 Å². The quantitative estimate of drug-likeness (QED) is 0.884. The SMILES string of the molecule is N#CCOc1cc(Cl)c(Cl)c2c1cc1n2CC(NC(=O)O)CC1. The number of ether oxygens (including phenoxy) is 1. The second kappa shape index (κ2) is 6.19. The van der Waals surface area contributed by atoms with Crippen molar-refractivity contribution in [3.05, 3.63) is 27.9 Å². The molecule has 2 N–H and O–H groups in total. The normalized spacial score (nSPS) is 16.7. The number of hydrogen-bond donors (Lipinski definition) is 2. The Morgan fingerprint density at radius 1 is 1.52 bits per heavy atom. The van der Waals surface area contributed by atoms with Gasteiger partial charge in [0.15, 0.2) is 6.61 Å². The zero-order valence-electron chi connectivity index (χ0n) is 12.0. The summed E-state index contributed by atoms with van der Waals surface area (Å²) in [6, 6.07) is 5.30. The first-order valence-corrected chi connectivity index (χ1v) is 7.76. The zero-order valence-corrected chi connectivity index (χ0v) is 13.5. The van der Waals surface area contributed by atoms with Crippen molar-refractivity contribution in [2.24, 2.45) is 0 Å². The maximum Gasteiger partial charge on any atom is 0.404 e. The van der Waals surface area contributed by atoms with Crippen LogP contribution in [-0.2, 0) is 13.0 Å². The van der Waals surface area contributed by atoms with Crippen molar-refractivity contribution in [3.63, 3.8) is 0 Å². The second-order valence-corrected chi connectivity index (χ2v) is 6.10. The van der Waals surface area contributed by atoms with Gasteiger partial charge in [0.2, 0.25) is 0 Å². The molecule has 0 bridgehead atoms. The molecule has 1 aliphatic heterocycles. The lowest BCUT2D eigenvalue weighted by Gasteiger charge is -2.25. The van der Waals surface area contributed by atoms with Gasteiger partial charge in [0.25, 0.3) is 0 Å². The third-order valence-electron chi connectivity index (χ3n) is 3.90. The number of halogens is 2. The maximum atomic E-state index is 10.9. The summed E-state index contributed by atoms with van der Waals surface area (Å²) in [7, 11) is 0. The number of carbonyl (C=O) groups is 1. The fourth-order valence-electron chi connectivity index (χ4n) is 2.97. The summed E-state index contributed by atoms with van der Waals surface area (Å²) in [5.74, 6) is 0.501. The van der Waals surface area contributed by atoms with Crippen LogP contribution in [0.1, 0.15) is 12.1 Å². The number of fused-ring (bicyclic) bond motifs is 3. The van der Waals surface area contributed by atoms with E-state index < -0.39 is 6.09 Å². The van der Waals surface area contributed by atoms with Gasteiger partial charge in [-0.25, -0.2) is 4.79 Å². The molecule has 1 aromatic heterocycles. The van der Waals surface area contributed by atoms with Gasteiger partial charge in [-0.15, -0.1) is 0 Å². The Hall–Kier alpha value is -2.10. The molecule has 0 saturated heterocycles. The van der Waals surface area contributed by atoms with Gasteiger partial charge >= 0.3 is 6.09 Å². The highest BCUT2D eigenvalue weighted by atomic mass is 35.5. The number of hydrogen-bond acceptors (Lipinski definition) is 3. The van der Waals surface area contributed by atoms with Gasteiger partial charge < -0.3 is 19.7 Å². The van der Waals surface area contributed by atoms with Gasteiger partial charge in [-0.05, 0) is 18.9 Å². The smallest absolute Gasteiger partial charge is 0.404 e. The van der Waals surface area contributed by atoms with Crippen molar-refractivity contribution in [1.82, 2.24) is 9.88 Å². The standard InChI is InChI=1S/C15H13Cl2N3O3/c16-11-6-12(23-4-3-18)10-5-9-2-1-8(19-15(21)22)7-20(9)14(10)13(11)17/h5-6,8,19H,1-2,4,7H2,(H,21,22). The largest absolute Gasteiger partial charge is 0.478 e. The number of nitriles is 1. The molecule has 0 aliphatic carbocycles. The van der Waals surface area contributed by atoms with Crippen LogP contribution in [0.4, 0.5) is 4.79 Å². The molecule has 0 saturated carbocycles. The van der Waals surface area contributed by atoms with Crippen LogP contribution in [0.2, 0.25) is 10.0 Å². The minimum atomic E-state index is -1.04. The Kier molecular flexibility index (Phi) is 4.24. The molecular formula is C15H13Cl2N3O3. The first-order valence-electron chi connectivity index (χ1n) is 7.00. The van der Waals surface area contributed by atoms with E-state index in [1.54, 1.807) is 6.07 Å². The Bertz CT molecular complexity index is 826. The van der Waals surface area contributed by atoms with Crippen molar-refractivity contribution in [2.75, 3.05) is 6.61 Å². The summed E-state index contributed by atoms with van der Waals surface area (Å²) in [5, 5.41) is 21.6. The Balaban J connectivity index is 2.09. The molecule has 1 amide bonds. The van der Waals surface area contributed by atoms with Crippen LogP contribution in [0.25, 0.3) is 10.9 Å². The van der Waals surface area contributed by atoms with E-state index in [-0.39, 0.29) is 12.6 Å². The third kappa shape index (κ3) is 2.90. The highest BCUT2D eigenvalue weighted by Crippen LogP contribution is 2.40. The number of benzene rings is 1. The summed E-state index contributed by atoms with van der Waals surface area (Å²) in [5.41, 5.74) is 1.74. The fraction of sp³-hybridized carbons (Fsp3) is 0.333. The first-order chi connectivity index (χ1) is 11.0. The number of carboxylic acid groups (broad SMARTS) is 1. The van der Waals surface area contributed by atoms with E-state index >= 15 is 0 Å².